The van der Waals surface area contributed by atoms with E-state index in [1.807, 2.05) is 0 Å². The van der Waals surface area contributed by atoms with Gasteiger partial charge in [-0.1, -0.05) is 29.4 Å². The van der Waals surface area contributed by atoms with E-state index in [-0.39, 0.29) is 0 Å². The molecule has 0 radical (unpaired) electrons. The quantitative estimate of drug-likeness (QED) is 0.806. The highest BCUT2D eigenvalue weighted by Crippen LogP contribution is 2.22. The third-order valence-corrected chi connectivity index (χ3v) is 2.75. The smallest absolute Gasteiger partial charge is 0.0613 e. The lowest BCUT2D eigenvalue weighted by atomic mass is 10.00. The molecule has 0 aromatic carbocycles. The van der Waals surface area contributed by atoms with E-state index < -0.39 is 0 Å². The standard InChI is InChI=1S/C10H18BrNO/c1-3-10-9(4-5-13-10)7-12-6-8(2)11/h9-10,12H,2-7H2,1H3. The van der Waals surface area contributed by atoms with E-state index in [4.69, 9.17) is 4.74 Å². The first-order valence-corrected chi connectivity index (χ1v) is 5.69. The van der Waals surface area contributed by atoms with Crippen LogP contribution in [0.2, 0.25) is 0 Å². The van der Waals surface area contributed by atoms with Crippen LogP contribution < -0.4 is 5.32 Å². The molecular formula is C10H18BrNO. The van der Waals surface area contributed by atoms with E-state index in [9.17, 15) is 0 Å². The maximum Gasteiger partial charge on any atom is 0.0613 e. The lowest BCUT2D eigenvalue weighted by Gasteiger charge is -2.16. The number of hydrogen-bond acceptors (Lipinski definition) is 2. The van der Waals surface area contributed by atoms with Crippen molar-refractivity contribution in [2.75, 3.05) is 19.7 Å². The summed E-state index contributed by atoms with van der Waals surface area (Å²) in [5, 5.41) is 3.36. The Morgan fingerprint density at radius 3 is 3.08 bits per heavy atom. The molecule has 1 N–H and O–H groups in total. The van der Waals surface area contributed by atoms with Crippen LogP contribution in [0.3, 0.4) is 0 Å². The predicted octanol–water partition coefficient (Wildman–Crippen LogP) is 2.30. The van der Waals surface area contributed by atoms with Gasteiger partial charge in [0, 0.05) is 24.2 Å². The zero-order chi connectivity index (χ0) is 9.68. The molecule has 1 heterocycles. The molecule has 1 rings (SSSR count). The normalized spacial score (nSPS) is 27.8. The van der Waals surface area contributed by atoms with E-state index in [0.717, 1.165) is 30.6 Å². The molecule has 0 aromatic rings. The van der Waals surface area contributed by atoms with Gasteiger partial charge in [0.05, 0.1) is 6.10 Å². The van der Waals surface area contributed by atoms with E-state index in [1.165, 1.54) is 6.42 Å². The fraction of sp³-hybridized carbons (Fsp3) is 0.800. The van der Waals surface area contributed by atoms with Gasteiger partial charge < -0.3 is 10.1 Å². The molecule has 1 saturated heterocycles. The van der Waals surface area contributed by atoms with Crippen LogP contribution in [0, 0.1) is 5.92 Å². The third-order valence-electron chi connectivity index (χ3n) is 2.47. The SMILES string of the molecule is C=C(Br)CNCC1CCOC1CC. The summed E-state index contributed by atoms with van der Waals surface area (Å²) < 4.78 is 6.61. The lowest BCUT2D eigenvalue weighted by Crippen LogP contribution is -2.28. The number of rotatable bonds is 5. The van der Waals surface area contributed by atoms with E-state index in [0.29, 0.717) is 12.0 Å². The van der Waals surface area contributed by atoms with Gasteiger partial charge in [0.15, 0.2) is 0 Å². The summed E-state index contributed by atoms with van der Waals surface area (Å²) >= 11 is 3.33. The molecule has 0 saturated carbocycles. The van der Waals surface area contributed by atoms with Crippen molar-refractivity contribution in [3.05, 3.63) is 11.1 Å². The zero-order valence-electron chi connectivity index (χ0n) is 8.18. The summed E-state index contributed by atoms with van der Waals surface area (Å²) in [7, 11) is 0. The highest BCUT2D eigenvalue weighted by Gasteiger charge is 2.25. The van der Waals surface area contributed by atoms with Gasteiger partial charge in [-0.05, 0) is 18.8 Å². The van der Waals surface area contributed by atoms with Crippen LogP contribution >= 0.6 is 15.9 Å². The van der Waals surface area contributed by atoms with Crippen molar-refractivity contribution in [1.82, 2.24) is 5.32 Å². The maximum atomic E-state index is 5.60. The summed E-state index contributed by atoms with van der Waals surface area (Å²) in [6.07, 6.45) is 2.79. The van der Waals surface area contributed by atoms with E-state index in [2.05, 4.69) is 34.7 Å². The van der Waals surface area contributed by atoms with Crippen molar-refractivity contribution in [2.45, 2.75) is 25.9 Å². The molecule has 1 aliphatic heterocycles. The molecule has 13 heavy (non-hydrogen) atoms. The van der Waals surface area contributed by atoms with Gasteiger partial charge in [0.2, 0.25) is 0 Å². The average molecular weight is 248 g/mol. The maximum absolute atomic E-state index is 5.60. The Bertz CT molecular complexity index is 172. The van der Waals surface area contributed by atoms with Crippen LogP contribution in [0.5, 0.6) is 0 Å². The zero-order valence-corrected chi connectivity index (χ0v) is 9.77. The summed E-state index contributed by atoms with van der Waals surface area (Å²) in [5.41, 5.74) is 0. The van der Waals surface area contributed by atoms with Crippen LogP contribution in [0.1, 0.15) is 19.8 Å². The number of halogens is 1. The molecule has 0 amide bonds. The first-order valence-electron chi connectivity index (χ1n) is 4.89. The molecule has 0 bridgehead atoms. The fourth-order valence-electron chi connectivity index (χ4n) is 1.77. The number of ether oxygens (including phenoxy) is 1. The molecular weight excluding hydrogens is 230 g/mol. The van der Waals surface area contributed by atoms with Gasteiger partial charge >= 0.3 is 0 Å². The molecule has 0 spiro atoms. The Kier molecular flexibility index (Phi) is 4.99. The van der Waals surface area contributed by atoms with Crippen molar-refractivity contribution < 1.29 is 4.74 Å². The topological polar surface area (TPSA) is 21.3 Å². The first-order chi connectivity index (χ1) is 6.24. The predicted molar refractivity (Wildman–Crippen MR) is 59.1 cm³/mol. The second-order valence-corrected chi connectivity index (χ2v) is 4.64. The summed E-state index contributed by atoms with van der Waals surface area (Å²) in [6.45, 7) is 8.80. The summed E-state index contributed by atoms with van der Waals surface area (Å²) in [6, 6.07) is 0. The van der Waals surface area contributed by atoms with Gasteiger partial charge in [-0.25, -0.2) is 0 Å². The molecule has 2 nitrogen and oxygen atoms in total. The molecule has 0 aliphatic carbocycles. The highest BCUT2D eigenvalue weighted by molar-refractivity contribution is 9.11. The van der Waals surface area contributed by atoms with Crippen molar-refractivity contribution >= 4 is 15.9 Å². The van der Waals surface area contributed by atoms with Gasteiger partial charge in [-0.15, -0.1) is 0 Å². The van der Waals surface area contributed by atoms with Gasteiger partial charge in [0.1, 0.15) is 0 Å². The molecule has 0 aromatic heterocycles. The van der Waals surface area contributed by atoms with Crippen molar-refractivity contribution in [3.63, 3.8) is 0 Å². The Balaban J connectivity index is 2.16. The fourth-order valence-corrected chi connectivity index (χ4v) is 1.97. The number of hydrogen-bond donors (Lipinski definition) is 1. The van der Waals surface area contributed by atoms with Crippen LogP contribution in [0.15, 0.2) is 11.1 Å². The number of nitrogens with one attached hydrogen (secondary N) is 1. The Labute approximate surface area is 88.9 Å². The van der Waals surface area contributed by atoms with E-state index >= 15 is 0 Å². The molecule has 2 atom stereocenters. The minimum Gasteiger partial charge on any atom is -0.378 e. The molecule has 1 aliphatic rings. The average Bonchev–Trinajstić information content (AvgIpc) is 2.51. The van der Waals surface area contributed by atoms with Crippen LogP contribution in [-0.2, 0) is 4.74 Å². The van der Waals surface area contributed by atoms with Gasteiger partial charge in [-0.2, -0.15) is 0 Å². The molecule has 2 unspecified atom stereocenters. The second kappa shape index (κ2) is 5.78. The highest BCUT2D eigenvalue weighted by atomic mass is 79.9. The molecule has 76 valence electrons. The lowest BCUT2D eigenvalue weighted by molar-refractivity contribution is 0.0875. The van der Waals surface area contributed by atoms with Crippen LogP contribution in [0.25, 0.3) is 0 Å². The van der Waals surface area contributed by atoms with E-state index in [1.54, 1.807) is 0 Å². The Hall–Kier alpha value is 0.140. The first kappa shape index (κ1) is 11.2. The minimum atomic E-state index is 0.469. The third kappa shape index (κ3) is 3.79. The largest absolute Gasteiger partial charge is 0.378 e. The summed E-state index contributed by atoms with van der Waals surface area (Å²) in [5.74, 6) is 0.692. The molecule has 3 heteroatoms. The van der Waals surface area contributed by atoms with Crippen molar-refractivity contribution in [1.29, 1.82) is 0 Å². The van der Waals surface area contributed by atoms with Crippen LogP contribution in [-0.4, -0.2) is 25.8 Å². The second-order valence-electron chi connectivity index (χ2n) is 3.51. The monoisotopic (exact) mass is 247 g/mol. The Morgan fingerprint density at radius 1 is 1.69 bits per heavy atom. The van der Waals surface area contributed by atoms with Crippen molar-refractivity contribution in [3.8, 4) is 0 Å². The van der Waals surface area contributed by atoms with Crippen molar-refractivity contribution in [2.24, 2.45) is 5.92 Å². The minimum absolute atomic E-state index is 0.469. The molecule has 1 fully saturated rings. The Morgan fingerprint density at radius 2 is 2.46 bits per heavy atom. The van der Waals surface area contributed by atoms with Gasteiger partial charge in [-0.3, -0.25) is 0 Å². The van der Waals surface area contributed by atoms with Gasteiger partial charge in [0.25, 0.3) is 0 Å². The van der Waals surface area contributed by atoms with Crippen LogP contribution in [0.4, 0.5) is 0 Å². The summed E-state index contributed by atoms with van der Waals surface area (Å²) in [4.78, 5) is 0.